The van der Waals surface area contributed by atoms with Crippen LogP contribution in [0.15, 0.2) is 157 Å². The van der Waals surface area contributed by atoms with Gasteiger partial charge in [-0.1, -0.05) is 152 Å². The maximum absolute atomic E-state index is 14.0. The summed E-state index contributed by atoms with van der Waals surface area (Å²) < 4.78 is 6.28. The van der Waals surface area contributed by atoms with Gasteiger partial charge in [0.2, 0.25) is 0 Å². The molecule has 38 heavy (non-hydrogen) atoms. The third-order valence-corrected chi connectivity index (χ3v) is 6.36. The fraction of sp³-hybridized carbons (Fsp3) is 0.0857. The van der Waals surface area contributed by atoms with E-state index in [1.165, 1.54) is 0 Å². The Bertz CT molecular complexity index is 1370. The van der Waals surface area contributed by atoms with E-state index in [-0.39, 0.29) is 5.97 Å². The van der Waals surface area contributed by atoms with Crippen molar-refractivity contribution in [2.75, 3.05) is 0 Å². The van der Waals surface area contributed by atoms with Crippen molar-refractivity contribution in [3.8, 4) is 0 Å². The summed E-state index contributed by atoms with van der Waals surface area (Å²) in [6.07, 6.45) is -0.102. The maximum atomic E-state index is 14.0. The van der Waals surface area contributed by atoms with Crippen LogP contribution in [0.25, 0.3) is 0 Å². The molecule has 0 aliphatic carbocycles. The highest BCUT2D eigenvalue weighted by atomic mass is 16.5. The van der Waals surface area contributed by atoms with Gasteiger partial charge in [0.15, 0.2) is 12.1 Å². The van der Waals surface area contributed by atoms with E-state index in [0.717, 1.165) is 33.5 Å². The quantitative estimate of drug-likeness (QED) is 0.157. The Hall–Kier alpha value is -4.76. The van der Waals surface area contributed by atoms with Crippen LogP contribution in [0.3, 0.4) is 0 Å². The fourth-order valence-corrected chi connectivity index (χ4v) is 4.46. The van der Waals surface area contributed by atoms with Crippen LogP contribution in [0.4, 0.5) is 0 Å². The van der Waals surface area contributed by atoms with Crippen LogP contribution in [-0.2, 0) is 16.0 Å². The minimum atomic E-state index is -0.734. The van der Waals surface area contributed by atoms with E-state index >= 15 is 0 Å². The standard InChI is InChI=1S/C35H29NO2/c37-35(38-34(30-22-12-4-13-23-30)31-24-14-5-15-25-31)32(26-27-16-6-1-7-17-27)36-33(28-18-8-2-9-19-28)29-20-10-3-11-21-29/h1-25,32,34H,26H2/t32-/m0/s1. The highest BCUT2D eigenvalue weighted by molar-refractivity contribution is 6.13. The Morgan fingerprint density at radius 1 is 0.553 bits per heavy atom. The second kappa shape index (κ2) is 12.5. The molecule has 0 saturated carbocycles. The molecule has 0 spiro atoms. The van der Waals surface area contributed by atoms with Crippen molar-refractivity contribution < 1.29 is 9.53 Å². The lowest BCUT2D eigenvalue weighted by Crippen LogP contribution is -2.28. The van der Waals surface area contributed by atoms with E-state index in [0.29, 0.717) is 6.42 Å². The van der Waals surface area contributed by atoms with Gasteiger partial charge in [-0.15, -0.1) is 0 Å². The third-order valence-electron chi connectivity index (χ3n) is 6.36. The fourth-order valence-electron chi connectivity index (χ4n) is 4.46. The molecule has 0 aromatic heterocycles. The van der Waals surface area contributed by atoms with Crippen molar-refractivity contribution in [3.63, 3.8) is 0 Å². The molecule has 0 radical (unpaired) electrons. The molecule has 0 heterocycles. The lowest BCUT2D eigenvalue weighted by molar-refractivity contribution is -0.149. The zero-order valence-corrected chi connectivity index (χ0v) is 21.1. The number of nitrogens with zero attached hydrogens (tertiary/aromatic N) is 1. The number of benzene rings is 5. The average Bonchev–Trinajstić information content (AvgIpc) is 3.00. The van der Waals surface area contributed by atoms with Gasteiger partial charge in [-0.25, -0.2) is 4.79 Å². The Morgan fingerprint density at radius 3 is 1.39 bits per heavy atom. The Labute approximate surface area is 224 Å². The number of carbonyl (C=O) groups excluding carboxylic acids is 1. The molecule has 5 aromatic rings. The first-order chi connectivity index (χ1) is 18.8. The summed E-state index contributed by atoms with van der Waals surface area (Å²) in [6, 6.07) is 48.9. The monoisotopic (exact) mass is 495 g/mol. The van der Waals surface area contributed by atoms with Gasteiger partial charge in [0.05, 0.1) is 5.71 Å². The van der Waals surface area contributed by atoms with E-state index < -0.39 is 12.1 Å². The lowest BCUT2D eigenvalue weighted by atomic mass is 10.00. The minimum Gasteiger partial charge on any atom is -0.451 e. The van der Waals surface area contributed by atoms with Crippen LogP contribution in [0.2, 0.25) is 0 Å². The molecule has 1 atom stereocenters. The van der Waals surface area contributed by atoms with Gasteiger partial charge in [-0.05, 0) is 16.7 Å². The molecule has 0 saturated heterocycles. The number of carbonyl (C=O) groups is 1. The molecule has 3 nitrogen and oxygen atoms in total. The molecule has 0 bridgehead atoms. The normalized spacial score (nSPS) is 11.5. The first-order valence-electron chi connectivity index (χ1n) is 12.8. The molecule has 3 heteroatoms. The summed E-state index contributed by atoms with van der Waals surface area (Å²) in [5.41, 5.74) is 5.52. The van der Waals surface area contributed by atoms with Gasteiger partial charge >= 0.3 is 5.97 Å². The minimum absolute atomic E-state index is 0.365. The first-order valence-corrected chi connectivity index (χ1v) is 12.8. The zero-order valence-electron chi connectivity index (χ0n) is 21.1. The molecule has 0 amide bonds. The van der Waals surface area contributed by atoms with Crippen LogP contribution in [0.1, 0.15) is 33.9 Å². The number of esters is 1. The van der Waals surface area contributed by atoms with Crippen LogP contribution in [0, 0.1) is 0 Å². The topological polar surface area (TPSA) is 38.7 Å². The van der Waals surface area contributed by atoms with Crippen LogP contribution in [-0.4, -0.2) is 17.7 Å². The van der Waals surface area contributed by atoms with E-state index in [9.17, 15) is 4.79 Å². The van der Waals surface area contributed by atoms with Gasteiger partial charge in [0.1, 0.15) is 0 Å². The number of aliphatic imine (C=N–C) groups is 1. The Morgan fingerprint density at radius 2 is 0.947 bits per heavy atom. The van der Waals surface area contributed by atoms with Gasteiger partial charge in [-0.2, -0.15) is 0 Å². The Balaban J connectivity index is 1.56. The molecule has 5 aromatic carbocycles. The SMILES string of the molecule is O=C(OC(c1ccccc1)c1ccccc1)[C@H](Cc1ccccc1)N=C(c1ccccc1)c1ccccc1. The van der Waals surface area contributed by atoms with Gasteiger partial charge in [0.25, 0.3) is 0 Å². The summed E-state index contributed by atoms with van der Waals surface area (Å²) >= 11 is 0. The molecule has 0 fully saturated rings. The number of hydrogen-bond donors (Lipinski definition) is 0. The average molecular weight is 496 g/mol. The maximum Gasteiger partial charge on any atom is 0.332 e. The summed E-state index contributed by atoms with van der Waals surface area (Å²) in [4.78, 5) is 19.1. The number of ether oxygens (including phenoxy) is 1. The zero-order chi connectivity index (χ0) is 26.0. The highest BCUT2D eigenvalue weighted by Gasteiger charge is 2.26. The van der Waals surface area contributed by atoms with Crippen molar-refractivity contribution in [2.24, 2.45) is 4.99 Å². The van der Waals surface area contributed by atoms with Crippen molar-refractivity contribution in [1.29, 1.82) is 0 Å². The van der Waals surface area contributed by atoms with Crippen molar-refractivity contribution in [2.45, 2.75) is 18.6 Å². The van der Waals surface area contributed by atoms with Gasteiger partial charge in [0, 0.05) is 17.5 Å². The molecule has 0 aliphatic heterocycles. The predicted octanol–water partition coefficient (Wildman–Crippen LogP) is 7.47. The molecule has 186 valence electrons. The van der Waals surface area contributed by atoms with Crippen molar-refractivity contribution in [3.05, 3.63) is 179 Å². The predicted molar refractivity (Wildman–Crippen MR) is 153 cm³/mol. The van der Waals surface area contributed by atoms with Crippen molar-refractivity contribution in [1.82, 2.24) is 0 Å². The van der Waals surface area contributed by atoms with Gasteiger partial charge in [-0.3, -0.25) is 4.99 Å². The molecule has 5 rings (SSSR count). The highest BCUT2D eigenvalue weighted by Crippen LogP contribution is 2.27. The van der Waals surface area contributed by atoms with E-state index in [4.69, 9.17) is 9.73 Å². The second-order valence-corrected chi connectivity index (χ2v) is 9.05. The number of rotatable bonds is 9. The van der Waals surface area contributed by atoms with Crippen LogP contribution in [0.5, 0.6) is 0 Å². The van der Waals surface area contributed by atoms with Crippen LogP contribution < -0.4 is 0 Å². The van der Waals surface area contributed by atoms with E-state index in [1.54, 1.807) is 0 Å². The summed E-state index contributed by atoms with van der Waals surface area (Å²) in [7, 11) is 0. The lowest BCUT2D eigenvalue weighted by Gasteiger charge is -2.22. The van der Waals surface area contributed by atoms with Crippen molar-refractivity contribution >= 4 is 11.7 Å². The second-order valence-electron chi connectivity index (χ2n) is 9.05. The van der Waals surface area contributed by atoms with E-state index in [1.807, 2.05) is 152 Å². The van der Waals surface area contributed by atoms with Crippen LogP contribution >= 0.6 is 0 Å². The molecule has 0 N–H and O–H groups in total. The van der Waals surface area contributed by atoms with E-state index in [2.05, 4.69) is 0 Å². The smallest absolute Gasteiger partial charge is 0.332 e. The summed E-state index contributed by atoms with van der Waals surface area (Å²) in [6.45, 7) is 0. The van der Waals surface area contributed by atoms with Gasteiger partial charge < -0.3 is 4.74 Å². The third kappa shape index (κ3) is 6.32. The summed E-state index contributed by atoms with van der Waals surface area (Å²) in [5.74, 6) is -0.365. The summed E-state index contributed by atoms with van der Waals surface area (Å²) in [5, 5.41) is 0. The molecule has 0 unspecified atom stereocenters. The molecular formula is C35H29NO2. The Kier molecular flexibility index (Phi) is 8.17. The first kappa shape index (κ1) is 24.9. The molecule has 0 aliphatic rings. The molecular weight excluding hydrogens is 466 g/mol. The largest absolute Gasteiger partial charge is 0.451 e. The number of hydrogen-bond acceptors (Lipinski definition) is 3.